The molecule has 0 bridgehead atoms. The lowest BCUT2D eigenvalue weighted by Gasteiger charge is -2.20. The van der Waals surface area contributed by atoms with Crippen molar-refractivity contribution >= 4 is 33.4 Å². The maximum Gasteiger partial charge on any atom is 0.255 e. The standard InChI is InChI=1S/C21H26N2O3S2/c1-5-14-27-19-11-9-8-10-18(19)22-21(24)17-13-12-16(4)20(15-17)28(25,26)23(6-2)7-3/h5,8-13,15H,1,6-7,14H2,2-4H3,(H,22,24). The molecule has 0 atom stereocenters. The molecule has 0 aromatic heterocycles. The van der Waals surface area contributed by atoms with E-state index in [2.05, 4.69) is 11.9 Å². The SMILES string of the molecule is C=CCSc1ccccc1NC(=O)c1ccc(C)c(S(=O)(=O)N(CC)CC)c1. The molecule has 0 fully saturated rings. The van der Waals surface area contributed by atoms with Crippen molar-refractivity contribution in [2.75, 3.05) is 24.2 Å². The molecule has 1 amide bonds. The fraction of sp³-hybridized carbons (Fsp3) is 0.286. The van der Waals surface area contributed by atoms with Gasteiger partial charge in [0.2, 0.25) is 10.0 Å². The number of sulfonamides is 1. The van der Waals surface area contributed by atoms with E-state index in [0.29, 0.717) is 29.9 Å². The van der Waals surface area contributed by atoms with Crippen molar-refractivity contribution in [3.63, 3.8) is 0 Å². The molecule has 0 saturated carbocycles. The summed E-state index contributed by atoms with van der Waals surface area (Å²) in [6.45, 7) is 9.80. The van der Waals surface area contributed by atoms with Crippen LogP contribution in [0.3, 0.4) is 0 Å². The Morgan fingerprint density at radius 1 is 1.18 bits per heavy atom. The molecule has 0 unspecified atom stereocenters. The quantitative estimate of drug-likeness (QED) is 0.479. The predicted molar refractivity (Wildman–Crippen MR) is 117 cm³/mol. The number of nitrogens with one attached hydrogen (secondary N) is 1. The van der Waals surface area contributed by atoms with Gasteiger partial charge in [-0.1, -0.05) is 38.1 Å². The predicted octanol–water partition coefficient (Wildman–Crippen LogP) is 4.56. The number of rotatable bonds is 9. The lowest BCUT2D eigenvalue weighted by Crippen LogP contribution is -2.31. The largest absolute Gasteiger partial charge is 0.321 e. The van der Waals surface area contributed by atoms with E-state index in [4.69, 9.17) is 0 Å². The van der Waals surface area contributed by atoms with Crippen molar-refractivity contribution in [1.82, 2.24) is 4.31 Å². The highest BCUT2D eigenvalue weighted by Gasteiger charge is 2.24. The average molecular weight is 419 g/mol. The van der Waals surface area contributed by atoms with Crippen molar-refractivity contribution in [2.24, 2.45) is 0 Å². The Morgan fingerprint density at radius 2 is 1.86 bits per heavy atom. The molecule has 0 aliphatic carbocycles. The van der Waals surface area contributed by atoms with E-state index >= 15 is 0 Å². The molecule has 0 saturated heterocycles. The Morgan fingerprint density at radius 3 is 2.50 bits per heavy atom. The number of para-hydroxylation sites is 1. The van der Waals surface area contributed by atoms with Gasteiger partial charge in [0.15, 0.2) is 0 Å². The van der Waals surface area contributed by atoms with E-state index in [9.17, 15) is 13.2 Å². The molecule has 28 heavy (non-hydrogen) atoms. The smallest absolute Gasteiger partial charge is 0.255 e. The number of hydrogen-bond donors (Lipinski definition) is 1. The molecule has 7 heteroatoms. The zero-order chi connectivity index (χ0) is 20.7. The molecule has 2 aromatic rings. The number of anilines is 1. The van der Waals surface area contributed by atoms with E-state index in [0.717, 1.165) is 10.6 Å². The molecule has 0 heterocycles. The van der Waals surface area contributed by atoms with E-state index in [1.807, 2.05) is 24.3 Å². The Labute approximate surface area is 171 Å². The van der Waals surface area contributed by atoms with Crippen molar-refractivity contribution in [2.45, 2.75) is 30.6 Å². The van der Waals surface area contributed by atoms with Gasteiger partial charge < -0.3 is 5.32 Å². The summed E-state index contributed by atoms with van der Waals surface area (Å²) < 4.78 is 27.2. The van der Waals surface area contributed by atoms with Crippen LogP contribution >= 0.6 is 11.8 Å². The summed E-state index contributed by atoms with van der Waals surface area (Å²) in [6, 6.07) is 12.3. The van der Waals surface area contributed by atoms with Crippen LogP contribution in [0.25, 0.3) is 0 Å². The Kier molecular flexibility index (Phi) is 7.86. The number of benzene rings is 2. The van der Waals surface area contributed by atoms with Gasteiger partial charge in [-0.3, -0.25) is 4.79 Å². The molecule has 150 valence electrons. The molecule has 0 radical (unpaired) electrons. The fourth-order valence-electron chi connectivity index (χ4n) is 2.76. The van der Waals surface area contributed by atoms with Crippen LogP contribution < -0.4 is 5.32 Å². The number of carbonyl (C=O) groups is 1. The summed E-state index contributed by atoms with van der Waals surface area (Å²) in [5.74, 6) is 0.381. The second kappa shape index (κ2) is 9.91. The van der Waals surface area contributed by atoms with E-state index in [1.165, 1.54) is 10.4 Å². The van der Waals surface area contributed by atoms with Gasteiger partial charge in [0, 0.05) is 29.3 Å². The van der Waals surface area contributed by atoms with Crippen molar-refractivity contribution in [3.05, 3.63) is 66.2 Å². The summed E-state index contributed by atoms with van der Waals surface area (Å²) in [7, 11) is -3.64. The van der Waals surface area contributed by atoms with Crippen LogP contribution in [0.1, 0.15) is 29.8 Å². The van der Waals surface area contributed by atoms with Crippen molar-refractivity contribution < 1.29 is 13.2 Å². The minimum atomic E-state index is -3.64. The number of amides is 1. The third-order valence-electron chi connectivity index (χ3n) is 4.27. The number of nitrogens with zero attached hydrogens (tertiary/aromatic N) is 1. The molecule has 5 nitrogen and oxygen atoms in total. The first kappa shape index (κ1) is 22.2. The summed E-state index contributed by atoms with van der Waals surface area (Å²) in [5.41, 5.74) is 1.61. The van der Waals surface area contributed by atoms with E-state index in [1.54, 1.807) is 50.7 Å². The molecule has 0 aliphatic heterocycles. The van der Waals surface area contributed by atoms with Crippen LogP contribution in [0, 0.1) is 6.92 Å². The Hall–Kier alpha value is -2.09. The highest BCUT2D eigenvalue weighted by molar-refractivity contribution is 7.99. The highest BCUT2D eigenvalue weighted by atomic mass is 32.2. The zero-order valence-corrected chi connectivity index (χ0v) is 18.1. The van der Waals surface area contributed by atoms with Gasteiger partial charge in [-0.15, -0.1) is 18.3 Å². The normalized spacial score (nSPS) is 11.4. The van der Waals surface area contributed by atoms with E-state index < -0.39 is 10.0 Å². The van der Waals surface area contributed by atoms with Gasteiger partial charge in [0.1, 0.15) is 0 Å². The number of thioether (sulfide) groups is 1. The molecule has 1 N–H and O–H groups in total. The molecule has 0 spiro atoms. The summed E-state index contributed by atoms with van der Waals surface area (Å²) in [6.07, 6.45) is 1.80. The van der Waals surface area contributed by atoms with Gasteiger partial charge >= 0.3 is 0 Å². The lowest BCUT2D eigenvalue weighted by atomic mass is 10.1. The number of carbonyl (C=O) groups excluding carboxylic acids is 1. The Balaban J connectivity index is 2.35. The van der Waals surface area contributed by atoms with Gasteiger partial charge in [-0.05, 0) is 36.8 Å². The molecule has 2 aromatic carbocycles. The fourth-order valence-corrected chi connectivity index (χ4v) is 5.22. The average Bonchev–Trinajstić information content (AvgIpc) is 2.68. The summed E-state index contributed by atoms with van der Waals surface area (Å²) in [5, 5.41) is 2.89. The number of aryl methyl sites for hydroxylation is 1. The van der Waals surface area contributed by atoms with Crippen molar-refractivity contribution in [1.29, 1.82) is 0 Å². The van der Waals surface area contributed by atoms with Gasteiger partial charge in [-0.2, -0.15) is 4.31 Å². The van der Waals surface area contributed by atoms with Crippen molar-refractivity contribution in [3.8, 4) is 0 Å². The monoisotopic (exact) mass is 418 g/mol. The maximum atomic E-state index is 12.9. The summed E-state index contributed by atoms with van der Waals surface area (Å²) in [4.78, 5) is 13.9. The number of hydrogen-bond acceptors (Lipinski definition) is 4. The molecular formula is C21H26N2O3S2. The molecule has 0 aliphatic rings. The van der Waals surface area contributed by atoms with Gasteiger partial charge in [0.25, 0.3) is 5.91 Å². The third-order valence-corrected chi connectivity index (χ3v) is 7.53. The minimum Gasteiger partial charge on any atom is -0.321 e. The van der Waals surface area contributed by atoms with Crippen LogP contribution in [0.4, 0.5) is 5.69 Å². The van der Waals surface area contributed by atoms with Gasteiger partial charge in [-0.25, -0.2) is 8.42 Å². The second-order valence-corrected chi connectivity index (χ2v) is 9.09. The van der Waals surface area contributed by atoms with Crippen LogP contribution in [-0.2, 0) is 10.0 Å². The molecular weight excluding hydrogens is 392 g/mol. The highest BCUT2D eigenvalue weighted by Crippen LogP contribution is 2.28. The summed E-state index contributed by atoms with van der Waals surface area (Å²) >= 11 is 1.57. The van der Waals surface area contributed by atoms with Crippen LogP contribution in [-0.4, -0.2) is 37.5 Å². The minimum absolute atomic E-state index is 0.165. The van der Waals surface area contributed by atoms with Crippen LogP contribution in [0.2, 0.25) is 0 Å². The van der Waals surface area contributed by atoms with Crippen LogP contribution in [0.5, 0.6) is 0 Å². The van der Waals surface area contributed by atoms with Gasteiger partial charge in [0.05, 0.1) is 10.6 Å². The molecule has 2 rings (SSSR count). The first-order chi connectivity index (χ1) is 13.3. The first-order valence-corrected chi connectivity index (χ1v) is 11.5. The zero-order valence-electron chi connectivity index (χ0n) is 16.4. The van der Waals surface area contributed by atoms with E-state index in [-0.39, 0.29) is 10.8 Å². The lowest BCUT2D eigenvalue weighted by molar-refractivity contribution is 0.102. The third kappa shape index (κ3) is 5.04. The van der Waals surface area contributed by atoms with Crippen LogP contribution in [0.15, 0.2) is 64.9 Å². The first-order valence-electron chi connectivity index (χ1n) is 9.10. The maximum absolute atomic E-state index is 12.9. The Bertz CT molecular complexity index is 952. The second-order valence-electron chi connectivity index (χ2n) is 6.12. The topological polar surface area (TPSA) is 66.5 Å².